The molecule has 0 radical (unpaired) electrons. The van der Waals surface area contributed by atoms with Crippen molar-refractivity contribution in [3.8, 4) is 5.75 Å². The number of hydrogen-bond donors (Lipinski definition) is 2. The number of nitrogens with one attached hydrogen (secondary N) is 1. The van der Waals surface area contributed by atoms with Gasteiger partial charge >= 0.3 is 0 Å². The Morgan fingerprint density at radius 1 is 1.35 bits per heavy atom. The summed E-state index contributed by atoms with van der Waals surface area (Å²) in [6.45, 7) is 0. The number of primary sulfonamides is 1. The molecule has 1 aromatic rings. The quantitative estimate of drug-likeness (QED) is 0.859. The van der Waals surface area contributed by atoms with Crippen LogP contribution in [0.5, 0.6) is 5.75 Å². The van der Waals surface area contributed by atoms with Crippen molar-refractivity contribution in [2.24, 2.45) is 22.9 Å². The summed E-state index contributed by atoms with van der Waals surface area (Å²) in [6.07, 6.45) is 5.44. The molecule has 0 heterocycles. The zero-order chi connectivity index (χ0) is 16.6. The largest absolute Gasteiger partial charge is 0.495 e. The highest BCUT2D eigenvalue weighted by molar-refractivity contribution is 7.89. The van der Waals surface area contributed by atoms with Crippen LogP contribution in [0.2, 0.25) is 0 Å². The minimum absolute atomic E-state index is 0.0758. The molecule has 3 rings (SSSR count). The molecule has 1 amide bonds. The van der Waals surface area contributed by atoms with Crippen LogP contribution in [-0.4, -0.2) is 21.4 Å². The minimum atomic E-state index is -3.91. The van der Waals surface area contributed by atoms with E-state index in [1.165, 1.54) is 38.5 Å². The number of carbonyl (C=O) groups excluding carboxylic acids is 1. The van der Waals surface area contributed by atoms with E-state index in [2.05, 4.69) is 5.32 Å². The zero-order valence-corrected chi connectivity index (χ0v) is 13.9. The number of sulfonamides is 1. The standard InChI is InChI=1S/C16H22N2O4S/c1-22-14-5-4-13(9-15(14)23(17,20)21)18-16(19)8-12-7-10-2-3-11(12)6-10/h4-5,9-12H,2-3,6-8H2,1H3,(H,18,19)(H2,17,20,21)/t10-,11+,12+/m0/s1. The van der Waals surface area contributed by atoms with Crippen LogP contribution in [0.25, 0.3) is 0 Å². The Morgan fingerprint density at radius 2 is 2.13 bits per heavy atom. The molecule has 23 heavy (non-hydrogen) atoms. The zero-order valence-electron chi connectivity index (χ0n) is 13.1. The Kier molecular flexibility index (Phi) is 4.33. The number of nitrogens with two attached hydrogens (primary N) is 1. The fraction of sp³-hybridized carbons (Fsp3) is 0.562. The molecule has 2 aliphatic carbocycles. The molecule has 0 unspecified atom stereocenters. The molecule has 0 aliphatic heterocycles. The molecule has 6 nitrogen and oxygen atoms in total. The van der Waals surface area contributed by atoms with Crippen LogP contribution in [0.4, 0.5) is 5.69 Å². The number of fused-ring (bicyclic) bond motifs is 2. The molecule has 126 valence electrons. The van der Waals surface area contributed by atoms with Crippen LogP contribution in [-0.2, 0) is 14.8 Å². The Bertz CT molecular complexity index is 717. The Labute approximate surface area is 136 Å². The van der Waals surface area contributed by atoms with Gasteiger partial charge in [0.1, 0.15) is 10.6 Å². The van der Waals surface area contributed by atoms with E-state index in [1.54, 1.807) is 6.07 Å². The number of hydrogen-bond acceptors (Lipinski definition) is 4. The molecule has 3 atom stereocenters. The third-order valence-corrected chi connectivity index (χ3v) is 6.02. The monoisotopic (exact) mass is 338 g/mol. The highest BCUT2D eigenvalue weighted by Gasteiger charge is 2.40. The molecular weight excluding hydrogens is 316 g/mol. The van der Waals surface area contributed by atoms with E-state index in [1.807, 2.05) is 0 Å². The molecular formula is C16H22N2O4S. The minimum Gasteiger partial charge on any atom is -0.495 e. The van der Waals surface area contributed by atoms with E-state index in [4.69, 9.17) is 9.88 Å². The van der Waals surface area contributed by atoms with E-state index in [0.29, 0.717) is 23.9 Å². The maximum Gasteiger partial charge on any atom is 0.241 e. The predicted molar refractivity (Wildman–Crippen MR) is 86.6 cm³/mol. The highest BCUT2D eigenvalue weighted by atomic mass is 32.2. The van der Waals surface area contributed by atoms with Crippen molar-refractivity contribution in [3.05, 3.63) is 18.2 Å². The molecule has 2 fully saturated rings. The summed E-state index contributed by atoms with van der Waals surface area (Å²) < 4.78 is 28.2. The van der Waals surface area contributed by atoms with E-state index in [9.17, 15) is 13.2 Å². The Hall–Kier alpha value is -1.60. The average molecular weight is 338 g/mol. The van der Waals surface area contributed by atoms with Gasteiger partial charge in [-0.2, -0.15) is 0 Å². The number of ether oxygens (including phenoxy) is 1. The second-order valence-electron chi connectivity index (χ2n) is 6.60. The van der Waals surface area contributed by atoms with Crippen LogP contribution in [0.3, 0.4) is 0 Å². The summed E-state index contributed by atoms with van der Waals surface area (Å²) in [5.74, 6) is 2.03. The van der Waals surface area contributed by atoms with E-state index >= 15 is 0 Å². The van der Waals surface area contributed by atoms with Gasteiger partial charge in [-0.3, -0.25) is 4.79 Å². The maximum absolute atomic E-state index is 12.2. The van der Waals surface area contributed by atoms with Gasteiger partial charge in [-0.1, -0.05) is 6.42 Å². The van der Waals surface area contributed by atoms with Gasteiger partial charge in [-0.15, -0.1) is 0 Å². The number of rotatable bonds is 5. The topological polar surface area (TPSA) is 98.5 Å². The number of amides is 1. The lowest BCUT2D eigenvalue weighted by Crippen LogP contribution is -2.20. The van der Waals surface area contributed by atoms with E-state index in [-0.39, 0.29) is 16.6 Å². The van der Waals surface area contributed by atoms with Gasteiger partial charge in [-0.05, 0) is 55.2 Å². The molecule has 2 bridgehead atoms. The van der Waals surface area contributed by atoms with Gasteiger partial charge in [0, 0.05) is 12.1 Å². The lowest BCUT2D eigenvalue weighted by molar-refractivity contribution is -0.117. The maximum atomic E-state index is 12.2. The van der Waals surface area contributed by atoms with Gasteiger partial charge in [0.2, 0.25) is 15.9 Å². The first-order chi connectivity index (χ1) is 10.9. The van der Waals surface area contributed by atoms with Crippen molar-refractivity contribution in [1.82, 2.24) is 0 Å². The molecule has 1 aromatic carbocycles. The Balaban J connectivity index is 1.69. The fourth-order valence-electron chi connectivity index (χ4n) is 4.05. The molecule has 2 saturated carbocycles. The smallest absolute Gasteiger partial charge is 0.241 e. The molecule has 0 aromatic heterocycles. The molecule has 3 N–H and O–H groups in total. The van der Waals surface area contributed by atoms with Crippen LogP contribution in [0, 0.1) is 17.8 Å². The van der Waals surface area contributed by atoms with Crippen LogP contribution in [0.1, 0.15) is 32.1 Å². The second kappa shape index (κ2) is 6.13. The van der Waals surface area contributed by atoms with Crippen molar-refractivity contribution >= 4 is 21.6 Å². The second-order valence-corrected chi connectivity index (χ2v) is 8.13. The molecule has 0 saturated heterocycles. The van der Waals surface area contributed by atoms with Crippen LogP contribution in [0.15, 0.2) is 23.1 Å². The predicted octanol–water partition coefficient (Wildman–Crippen LogP) is 2.11. The first-order valence-electron chi connectivity index (χ1n) is 7.87. The fourth-order valence-corrected chi connectivity index (χ4v) is 4.78. The van der Waals surface area contributed by atoms with Gasteiger partial charge < -0.3 is 10.1 Å². The first-order valence-corrected chi connectivity index (χ1v) is 9.42. The summed E-state index contributed by atoms with van der Waals surface area (Å²) in [6, 6.07) is 4.45. The number of benzene rings is 1. The molecule has 7 heteroatoms. The first kappa shape index (κ1) is 16.3. The average Bonchev–Trinajstić information content (AvgIpc) is 3.08. The van der Waals surface area contributed by atoms with Crippen molar-refractivity contribution in [1.29, 1.82) is 0 Å². The summed E-state index contributed by atoms with van der Waals surface area (Å²) in [5, 5.41) is 7.96. The summed E-state index contributed by atoms with van der Waals surface area (Å²) in [4.78, 5) is 12.1. The van der Waals surface area contributed by atoms with Crippen LogP contribution >= 0.6 is 0 Å². The summed E-state index contributed by atoms with van der Waals surface area (Å²) >= 11 is 0. The molecule has 0 spiro atoms. The summed E-state index contributed by atoms with van der Waals surface area (Å²) in [7, 11) is -2.54. The van der Waals surface area contributed by atoms with Crippen molar-refractivity contribution < 1.29 is 17.9 Å². The SMILES string of the molecule is COc1ccc(NC(=O)C[C@H]2C[C@H]3CC[C@@H]2C3)cc1S(N)(=O)=O. The van der Waals surface area contributed by atoms with E-state index < -0.39 is 10.0 Å². The lowest BCUT2D eigenvalue weighted by atomic mass is 9.86. The van der Waals surface area contributed by atoms with Gasteiger partial charge in [0.15, 0.2) is 0 Å². The van der Waals surface area contributed by atoms with Crippen molar-refractivity contribution in [2.75, 3.05) is 12.4 Å². The third-order valence-electron chi connectivity index (χ3n) is 5.09. The number of anilines is 1. The number of methoxy groups -OCH3 is 1. The van der Waals surface area contributed by atoms with Crippen molar-refractivity contribution in [3.63, 3.8) is 0 Å². The normalized spacial score (nSPS) is 26.3. The number of carbonyl (C=O) groups is 1. The lowest BCUT2D eigenvalue weighted by Gasteiger charge is -2.21. The van der Waals surface area contributed by atoms with Gasteiger partial charge in [-0.25, -0.2) is 13.6 Å². The van der Waals surface area contributed by atoms with Crippen molar-refractivity contribution in [2.45, 2.75) is 37.0 Å². The Morgan fingerprint density at radius 3 is 2.70 bits per heavy atom. The van der Waals surface area contributed by atoms with Gasteiger partial charge in [0.25, 0.3) is 0 Å². The van der Waals surface area contributed by atoms with Crippen LogP contribution < -0.4 is 15.2 Å². The summed E-state index contributed by atoms with van der Waals surface area (Å²) in [5.41, 5.74) is 0.419. The highest BCUT2D eigenvalue weighted by Crippen LogP contribution is 2.49. The molecule has 2 aliphatic rings. The third kappa shape index (κ3) is 3.50. The van der Waals surface area contributed by atoms with Gasteiger partial charge in [0.05, 0.1) is 7.11 Å². The van der Waals surface area contributed by atoms with E-state index in [0.717, 1.165) is 12.3 Å².